The summed E-state index contributed by atoms with van der Waals surface area (Å²) in [6, 6.07) is 9.95. The minimum Gasteiger partial charge on any atom is -0.338 e. The van der Waals surface area contributed by atoms with Gasteiger partial charge in [-0.05, 0) is 29.3 Å². The van der Waals surface area contributed by atoms with Crippen molar-refractivity contribution in [3.8, 4) is 22.5 Å². The lowest BCUT2D eigenvalue weighted by molar-refractivity contribution is 1.26. The number of H-pyrrole nitrogens is 2. The lowest BCUT2D eigenvalue weighted by atomic mass is 10.1. The molecule has 6 heteroatoms. The van der Waals surface area contributed by atoms with E-state index in [1.165, 1.54) is 0 Å². The van der Waals surface area contributed by atoms with Gasteiger partial charge in [0.25, 0.3) is 0 Å². The largest absolute Gasteiger partial charge is 0.338 e. The van der Waals surface area contributed by atoms with Crippen LogP contribution in [0.4, 0.5) is 0 Å². The standard InChI is InChI=1S/C18H12N6/c1-2-11(13-9-15-17(23-13)21-6-4-19-15)8-12(3-1)14-10-16-18(24-14)22-7-5-20-16/h1-10H,(H,21,23)(H,22,24)/i1D. The number of hydrogen-bond acceptors (Lipinski definition) is 4. The van der Waals surface area contributed by atoms with Gasteiger partial charge in [0.15, 0.2) is 11.3 Å². The Hall–Kier alpha value is -3.54. The molecule has 0 aliphatic heterocycles. The van der Waals surface area contributed by atoms with E-state index in [4.69, 9.17) is 1.37 Å². The predicted octanol–water partition coefficient (Wildman–Crippen LogP) is 3.56. The third kappa shape index (κ3) is 2.04. The fourth-order valence-corrected chi connectivity index (χ4v) is 2.80. The second kappa shape index (κ2) is 4.99. The molecule has 24 heavy (non-hydrogen) atoms. The number of aromatic amines is 2. The highest BCUT2D eigenvalue weighted by atomic mass is 14.9. The second-order valence-corrected chi connectivity index (χ2v) is 5.46. The van der Waals surface area contributed by atoms with Crippen LogP contribution in [0.2, 0.25) is 0 Å². The molecule has 4 aromatic heterocycles. The molecule has 4 heterocycles. The van der Waals surface area contributed by atoms with Crippen LogP contribution in [-0.4, -0.2) is 29.9 Å². The number of aromatic nitrogens is 6. The average Bonchev–Trinajstić information content (AvgIpc) is 3.25. The summed E-state index contributed by atoms with van der Waals surface area (Å²) in [6.07, 6.45) is 6.63. The molecule has 0 saturated heterocycles. The zero-order valence-corrected chi connectivity index (χ0v) is 12.5. The number of benzene rings is 1. The van der Waals surface area contributed by atoms with E-state index in [1.54, 1.807) is 24.8 Å². The van der Waals surface area contributed by atoms with Gasteiger partial charge in [-0.2, -0.15) is 0 Å². The third-order valence-electron chi connectivity index (χ3n) is 3.93. The van der Waals surface area contributed by atoms with Crippen molar-refractivity contribution >= 4 is 22.3 Å². The summed E-state index contributed by atoms with van der Waals surface area (Å²) in [5.74, 6) is 0. The fraction of sp³-hybridized carbons (Fsp3) is 0. The highest BCUT2D eigenvalue weighted by Crippen LogP contribution is 2.28. The van der Waals surface area contributed by atoms with Gasteiger partial charge in [-0.15, -0.1) is 0 Å². The van der Waals surface area contributed by atoms with Crippen LogP contribution in [0, 0.1) is 0 Å². The van der Waals surface area contributed by atoms with Crippen LogP contribution in [0.3, 0.4) is 0 Å². The van der Waals surface area contributed by atoms with Crippen LogP contribution >= 0.6 is 0 Å². The van der Waals surface area contributed by atoms with E-state index >= 15 is 0 Å². The van der Waals surface area contributed by atoms with Crippen molar-refractivity contribution in [2.75, 3.05) is 0 Å². The van der Waals surface area contributed by atoms with Crippen molar-refractivity contribution in [1.82, 2.24) is 29.9 Å². The molecule has 114 valence electrons. The maximum absolute atomic E-state index is 8.15. The molecule has 0 radical (unpaired) electrons. The Morgan fingerprint density at radius 1 is 0.667 bits per heavy atom. The van der Waals surface area contributed by atoms with E-state index in [1.807, 2.05) is 30.3 Å². The monoisotopic (exact) mass is 313 g/mol. The molecule has 0 bridgehead atoms. The summed E-state index contributed by atoms with van der Waals surface area (Å²) in [5, 5.41) is 0. The maximum atomic E-state index is 8.15. The van der Waals surface area contributed by atoms with Gasteiger partial charge < -0.3 is 9.97 Å². The first-order valence-electron chi connectivity index (χ1n) is 7.98. The summed E-state index contributed by atoms with van der Waals surface area (Å²) < 4.78 is 8.15. The number of hydrogen-bond donors (Lipinski definition) is 2. The van der Waals surface area contributed by atoms with Gasteiger partial charge in [-0.3, -0.25) is 9.97 Å². The van der Waals surface area contributed by atoms with Crippen LogP contribution in [0.15, 0.2) is 61.2 Å². The summed E-state index contributed by atoms with van der Waals surface area (Å²) in [7, 11) is 0. The van der Waals surface area contributed by atoms with Crippen molar-refractivity contribution in [3.63, 3.8) is 0 Å². The Kier molecular flexibility index (Phi) is 2.48. The molecule has 0 unspecified atom stereocenters. The van der Waals surface area contributed by atoms with Crippen molar-refractivity contribution in [2.24, 2.45) is 0 Å². The first-order valence-corrected chi connectivity index (χ1v) is 7.48. The van der Waals surface area contributed by atoms with Gasteiger partial charge in [0.1, 0.15) is 11.0 Å². The lowest BCUT2D eigenvalue weighted by Gasteiger charge is -2.02. The highest BCUT2D eigenvalue weighted by molar-refractivity contribution is 5.83. The summed E-state index contributed by atoms with van der Waals surface area (Å²) >= 11 is 0. The van der Waals surface area contributed by atoms with Crippen LogP contribution in [-0.2, 0) is 0 Å². The van der Waals surface area contributed by atoms with Gasteiger partial charge in [-0.1, -0.05) is 18.2 Å². The van der Waals surface area contributed by atoms with E-state index in [2.05, 4.69) is 29.9 Å². The second-order valence-electron chi connectivity index (χ2n) is 5.46. The van der Waals surface area contributed by atoms with Crippen molar-refractivity contribution in [3.05, 3.63) is 61.2 Å². The minimum atomic E-state index is 0.423. The van der Waals surface area contributed by atoms with Crippen molar-refractivity contribution in [1.29, 1.82) is 0 Å². The average molecular weight is 313 g/mol. The Labute approximate surface area is 138 Å². The number of fused-ring (bicyclic) bond motifs is 2. The zero-order valence-electron chi connectivity index (χ0n) is 13.5. The summed E-state index contributed by atoms with van der Waals surface area (Å²) in [4.78, 5) is 23.6. The van der Waals surface area contributed by atoms with Crippen LogP contribution in [0.1, 0.15) is 1.37 Å². The molecule has 1 aromatic carbocycles. The molecule has 0 fully saturated rings. The smallest absolute Gasteiger partial charge is 0.156 e. The summed E-state index contributed by atoms with van der Waals surface area (Å²) in [6.45, 7) is 0. The normalized spacial score (nSPS) is 11.9. The van der Waals surface area contributed by atoms with E-state index < -0.39 is 0 Å². The molecule has 0 aliphatic carbocycles. The van der Waals surface area contributed by atoms with Gasteiger partial charge in [0.2, 0.25) is 0 Å². The van der Waals surface area contributed by atoms with E-state index in [0.29, 0.717) is 6.04 Å². The zero-order chi connectivity index (χ0) is 16.8. The topological polar surface area (TPSA) is 83.1 Å². The van der Waals surface area contributed by atoms with Crippen LogP contribution < -0.4 is 0 Å². The van der Waals surface area contributed by atoms with Gasteiger partial charge >= 0.3 is 0 Å². The third-order valence-corrected chi connectivity index (χ3v) is 3.93. The number of nitrogens with one attached hydrogen (secondary N) is 2. The minimum absolute atomic E-state index is 0.423. The molecule has 0 atom stereocenters. The number of rotatable bonds is 2. The highest BCUT2D eigenvalue weighted by Gasteiger charge is 2.08. The molecular formula is C18H12N6. The number of nitrogens with zero attached hydrogens (tertiary/aromatic N) is 4. The molecule has 0 spiro atoms. The predicted molar refractivity (Wildman–Crippen MR) is 92.2 cm³/mol. The fourth-order valence-electron chi connectivity index (χ4n) is 2.80. The Morgan fingerprint density at radius 3 is 1.67 bits per heavy atom. The van der Waals surface area contributed by atoms with Crippen LogP contribution in [0.5, 0.6) is 0 Å². The van der Waals surface area contributed by atoms with E-state index in [0.717, 1.165) is 44.8 Å². The first-order chi connectivity index (χ1) is 12.3. The van der Waals surface area contributed by atoms with Gasteiger partial charge in [0.05, 0.1) is 1.37 Å². The summed E-state index contributed by atoms with van der Waals surface area (Å²) in [5.41, 5.74) is 6.63. The Balaban J connectivity index is 1.66. The SMILES string of the molecule is [2H]c1cc(-c2cc3nccnc3[nH]2)cc(-c2cc3nccnc3[nH]2)c1. The van der Waals surface area contributed by atoms with Crippen molar-refractivity contribution < 1.29 is 1.37 Å². The lowest BCUT2D eigenvalue weighted by Crippen LogP contribution is -1.82. The van der Waals surface area contributed by atoms with Gasteiger partial charge in [0, 0.05) is 36.2 Å². The first kappa shape index (κ1) is 12.0. The van der Waals surface area contributed by atoms with E-state index in [-0.39, 0.29) is 0 Å². The Morgan fingerprint density at radius 2 is 1.17 bits per heavy atom. The van der Waals surface area contributed by atoms with Gasteiger partial charge in [-0.25, -0.2) is 9.97 Å². The van der Waals surface area contributed by atoms with E-state index in [9.17, 15) is 0 Å². The Bertz CT molecular complexity index is 1060. The molecule has 6 nitrogen and oxygen atoms in total. The molecule has 5 aromatic rings. The van der Waals surface area contributed by atoms with Crippen LogP contribution in [0.25, 0.3) is 44.8 Å². The quantitative estimate of drug-likeness (QED) is 0.522. The molecular weight excluding hydrogens is 300 g/mol. The van der Waals surface area contributed by atoms with Crippen molar-refractivity contribution in [2.45, 2.75) is 0 Å². The molecule has 0 saturated carbocycles. The maximum Gasteiger partial charge on any atom is 0.156 e. The molecule has 0 aliphatic rings. The molecule has 2 N–H and O–H groups in total. The molecule has 5 rings (SSSR count). The molecule has 0 amide bonds.